The Labute approximate surface area is 495 Å². The molecule has 1 amide bonds. The molecule has 10 N–H and O–H groups in total. The molecule has 13 rings (SSSR count). The van der Waals surface area contributed by atoms with Crippen LogP contribution in [0.3, 0.4) is 0 Å². The van der Waals surface area contributed by atoms with Gasteiger partial charge in [-0.3, -0.25) is 4.79 Å². The Bertz CT molecular complexity index is 4210. The van der Waals surface area contributed by atoms with Gasteiger partial charge in [-0.2, -0.15) is 0 Å². The molecule has 8 bridgehead atoms. The largest absolute Gasteiger partial charge is 0.394 e. The summed E-state index contributed by atoms with van der Waals surface area (Å²) in [6.07, 6.45) is -0.954. The van der Waals surface area contributed by atoms with Crippen molar-refractivity contribution < 1.29 is 59.5 Å². The van der Waals surface area contributed by atoms with Gasteiger partial charge in [0.25, 0.3) is 0 Å². The molecule has 0 radical (unpaired) electrons. The van der Waals surface area contributed by atoms with Crippen LogP contribution in [0.1, 0.15) is 41.1 Å². The van der Waals surface area contributed by atoms with Crippen LogP contribution in [0, 0.1) is 0 Å². The third kappa shape index (κ3) is 11.3. The first kappa shape index (κ1) is 56.9. The minimum Gasteiger partial charge on any atom is -0.394 e. The summed E-state index contributed by atoms with van der Waals surface area (Å²) in [4.78, 5) is 30.5. The van der Waals surface area contributed by atoms with Gasteiger partial charge in [-0.25, -0.2) is 19.3 Å². The predicted molar refractivity (Wildman–Crippen MR) is 319 cm³/mol. The van der Waals surface area contributed by atoms with E-state index < -0.39 is 80.5 Å². The summed E-state index contributed by atoms with van der Waals surface area (Å²) >= 11 is 0. The summed E-state index contributed by atoms with van der Waals surface area (Å²) in [5, 5.41) is 91.6. The highest BCUT2D eigenvalue weighted by atomic mass is 16.7. The van der Waals surface area contributed by atoms with Crippen LogP contribution in [0.4, 0.5) is 0 Å². The topological polar surface area (TPSA) is 326 Å². The summed E-state index contributed by atoms with van der Waals surface area (Å²) in [5.74, 6) is -0.471. The molecule has 4 aliphatic rings. The van der Waals surface area contributed by atoms with E-state index in [1.807, 2.05) is 121 Å². The lowest BCUT2D eigenvalue weighted by atomic mass is 9.97. The van der Waals surface area contributed by atoms with Gasteiger partial charge in [0, 0.05) is 51.2 Å². The number of rotatable bonds is 15. The monoisotopic (exact) mass is 1170 g/mol. The Morgan fingerprint density at radius 3 is 1.28 bits per heavy atom. The van der Waals surface area contributed by atoms with Gasteiger partial charge in [-0.05, 0) is 95.1 Å². The van der Waals surface area contributed by atoms with Gasteiger partial charge in [0.05, 0.1) is 73.0 Å². The van der Waals surface area contributed by atoms with Crippen LogP contribution in [-0.4, -0.2) is 166 Å². The molecule has 2 fully saturated rings. The fourth-order valence-electron chi connectivity index (χ4n) is 11.3. The van der Waals surface area contributed by atoms with E-state index >= 15 is 0 Å². The number of H-pyrrole nitrogens is 2. The maximum atomic E-state index is 12.0. The molecule has 0 unspecified atom stereocenters. The highest BCUT2D eigenvalue weighted by Crippen LogP contribution is 2.39. The number of aliphatic hydroxyl groups excluding tert-OH is 7. The standard InChI is InChI=1S/C64H59N11O12/c1-34(78)65-57-60(81)58(79)51(30-76)86-63(57)84-32-39-28-74(72-70-39)41-16-12-37(13-17-41)55-47-24-22-45(67-47)53(35-8-4-2-5-9-35)43-20-21-44(66-43)54(36-10-6-3-7-11-36)46-23-25-48(68-46)56(50-27-26-49(55)69-50)38-14-18-42(19-15-38)75-29-40(71-73-75)33-85-64-62(83)61(82)59(80)52(31-77)87-64/h2-29,51-52,57-64,66,69,76-77,79-83H,30-33H2,1H3,(H,65,78)/t51-,52-,57-,58-,59-,60-,61+,62+,63-,64+/m1/s1. The van der Waals surface area contributed by atoms with Gasteiger partial charge < -0.3 is 70.0 Å². The second-order valence-corrected chi connectivity index (χ2v) is 21.4. The molecule has 0 saturated carbocycles. The molecule has 10 atom stereocenters. The molecule has 23 heteroatoms. The average molecular weight is 1170 g/mol. The number of amides is 1. The summed E-state index contributed by atoms with van der Waals surface area (Å²) in [7, 11) is 0. The van der Waals surface area contributed by atoms with Gasteiger partial charge in [-0.15, -0.1) is 10.2 Å². The molecule has 4 aromatic carbocycles. The minimum absolute atomic E-state index is 0.140. The number of nitrogens with one attached hydrogen (secondary N) is 3. The number of hydrogen-bond donors (Lipinski definition) is 10. The lowest BCUT2D eigenvalue weighted by Gasteiger charge is -2.42. The van der Waals surface area contributed by atoms with Crippen molar-refractivity contribution in [1.82, 2.24) is 55.2 Å². The maximum absolute atomic E-state index is 12.0. The average Bonchev–Trinajstić information content (AvgIpc) is 2.40. The fourth-order valence-corrected chi connectivity index (χ4v) is 11.3. The summed E-state index contributed by atoms with van der Waals surface area (Å²) in [6.45, 7) is -0.197. The molecule has 5 aromatic heterocycles. The van der Waals surface area contributed by atoms with Crippen molar-refractivity contribution >= 4 is 52.3 Å². The zero-order valence-corrected chi connectivity index (χ0v) is 46.5. The molecule has 87 heavy (non-hydrogen) atoms. The number of carbonyl (C=O) groups is 1. The number of benzene rings is 4. The van der Waals surface area contributed by atoms with Crippen LogP contribution in [-0.2, 0) is 37.0 Å². The van der Waals surface area contributed by atoms with Crippen molar-refractivity contribution in [1.29, 1.82) is 0 Å². The lowest BCUT2D eigenvalue weighted by Crippen LogP contribution is -2.64. The summed E-state index contributed by atoms with van der Waals surface area (Å²) in [5.41, 5.74) is 15.3. The zero-order chi connectivity index (χ0) is 59.9. The van der Waals surface area contributed by atoms with Gasteiger partial charge in [0.15, 0.2) is 12.6 Å². The van der Waals surface area contributed by atoms with Crippen molar-refractivity contribution in [3.05, 3.63) is 180 Å². The second kappa shape index (κ2) is 24.3. The lowest BCUT2D eigenvalue weighted by molar-refractivity contribution is -0.304. The fraction of sp³-hybridized carbons (Fsp3) is 0.234. The second-order valence-electron chi connectivity index (χ2n) is 21.4. The molecule has 442 valence electrons. The van der Waals surface area contributed by atoms with Crippen molar-refractivity contribution in [2.24, 2.45) is 0 Å². The molecular weight excluding hydrogens is 1110 g/mol. The van der Waals surface area contributed by atoms with E-state index in [1.54, 1.807) is 21.8 Å². The Morgan fingerprint density at radius 1 is 0.494 bits per heavy atom. The van der Waals surface area contributed by atoms with Crippen LogP contribution in [0.15, 0.2) is 146 Å². The number of ether oxygens (including phenoxy) is 4. The highest BCUT2D eigenvalue weighted by molar-refractivity contribution is 6.00. The summed E-state index contributed by atoms with van der Waals surface area (Å²) in [6, 6.07) is 43.0. The molecular formula is C64H59N11O12. The van der Waals surface area contributed by atoms with Crippen molar-refractivity contribution in [3.63, 3.8) is 0 Å². The van der Waals surface area contributed by atoms with Crippen LogP contribution >= 0.6 is 0 Å². The molecule has 23 nitrogen and oxygen atoms in total. The number of carbonyl (C=O) groups excluding carboxylic acids is 1. The van der Waals surface area contributed by atoms with Crippen LogP contribution in [0.2, 0.25) is 0 Å². The third-order valence-corrected chi connectivity index (χ3v) is 15.7. The Balaban J connectivity index is 0.897. The first-order chi connectivity index (χ1) is 42.4. The molecule has 2 saturated heterocycles. The molecule has 9 heterocycles. The van der Waals surface area contributed by atoms with E-state index in [1.165, 1.54) is 6.92 Å². The number of aliphatic hydroxyl groups is 7. The number of aromatic nitrogens is 10. The van der Waals surface area contributed by atoms with Crippen LogP contribution in [0.25, 0.3) is 102 Å². The van der Waals surface area contributed by atoms with E-state index in [2.05, 4.69) is 72.3 Å². The van der Waals surface area contributed by atoms with E-state index in [-0.39, 0.29) is 13.2 Å². The van der Waals surface area contributed by atoms with E-state index in [0.29, 0.717) is 34.2 Å². The van der Waals surface area contributed by atoms with Gasteiger partial charge in [-0.1, -0.05) is 95.4 Å². The van der Waals surface area contributed by atoms with E-state index in [4.69, 9.17) is 28.9 Å². The Hall–Kier alpha value is -9.21. The van der Waals surface area contributed by atoms with E-state index in [0.717, 1.165) is 78.0 Å². The Morgan fingerprint density at radius 2 is 0.874 bits per heavy atom. The van der Waals surface area contributed by atoms with E-state index in [9.17, 15) is 40.5 Å². The number of fused-ring (bicyclic) bond motifs is 8. The minimum atomic E-state index is -1.59. The van der Waals surface area contributed by atoms with Gasteiger partial charge >= 0.3 is 0 Å². The third-order valence-electron chi connectivity index (χ3n) is 15.7. The van der Waals surface area contributed by atoms with Gasteiger partial charge in [0.1, 0.15) is 60.2 Å². The molecule has 4 aliphatic heterocycles. The SMILES string of the molecule is CC(=O)N[C@H]1[C@H](OCc2cn(-c3ccc(-c4c5nc(c(-c6ccccc6)c6ccc([nH]6)c(-c6ccccc6)c6nc(c(-c7ccc(-n8cc(CO[C@H]9O[C@H](CO)[C@@H](O)[C@H](O)[C@@H]9O)nn8)cc7)c7ccc4[nH]7)C=C6)C=C5)cc3)nn2)O[C@H](CO)[C@@H](O)[C@@H]1O. The molecule has 0 aliphatic carbocycles. The zero-order valence-electron chi connectivity index (χ0n) is 46.5. The molecule has 9 aromatic rings. The first-order valence-corrected chi connectivity index (χ1v) is 28.1. The number of hydrogen-bond acceptors (Lipinski definition) is 18. The van der Waals surface area contributed by atoms with Gasteiger partial charge in [0.2, 0.25) is 5.91 Å². The smallest absolute Gasteiger partial charge is 0.217 e. The quantitative estimate of drug-likeness (QED) is 0.0626. The van der Waals surface area contributed by atoms with Crippen molar-refractivity contribution in [3.8, 4) is 55.9 Å². The highest BCUT2D eigenvalue weighted by Gasteiger charge is 2.46. The predicted octanol–water partition coefficient (Wildman–Crippen LogP) is 5.26. The van der Waals surface area contributed by atoms with Crippen LogP contribution in [0.5, 0.6) is 0 Å². The summed E-state index contributed by atoms with van der Waals surface area (Å²) < 4.78 is 26.1. The van der Waals surface area contributed by atoms with Crippen molar-refractivity contribution in [2.75, 3.05) is 13.2 Å². The normalized spacial score (nSPS) is 22.6. The van der Waals surface area contributed by atoms with Crippen molar-refractivity contribution in [2.45, 2.75) is 81.5 Å². The van der Waals surface area contributed by atoms with Crippen LogP contribution < -0.4 is 5.32 Å². The number of aromatic amines is 2. The number of nitrogens with zero attached hydrogens (tertiary/aromatic N) is 8. The molecule has 0 spiro atoms. The first-order valence-electron chi connectivity index (χ1n) is 28.1. The maximum Gasteiger partial charge on any atom is 0.217 e. The Kier molecular flexibility index (Phi) is 15.9.